The van der Waals surface area contributed by atoms with Crippen molar-refractivity contribution in [3.8, 4) is 11.5 Å². The van der Waals surface area contributed by atoms with Gasteiger partial charge in [-0.15, -0.1) is 0 Å². The maximum atomic E-state index is 12.2. The Morgan fingerprint density at radius 3 is 2.67 bits per heavy atom. The molecule has 2 aromatic rings. The number of H-pyrrole nitrogens is 1. The standard InChI is InChI=1S/C15H17N3O3/c1-20-13-6-5-10(7-14(13)21-2)16-15(19)12-8-11(17-18-12)9-3-4-9/h5-9H,3-4H2,1-2H3,(H,16,19)(H,17,18). The Morgan fingerprint density at radius 2 is 2.00 bits per heavy atom. The van der Waals surface area contributed by atoms with Gasteiger partial charge in [0.2, 0.25) is 0 Å². The van der Waals surface area contributed by atoms with Crippen molar-refractivity contribution in [1.29, 1.82) is 0 Å². The summed E-state index contributed by atoms with van der Waals surface area (Å²) in [5, 5.41) is 9.78. The fraction of sp³-hybridized carbons (Fsp3) is 0.333. The van der Waals surface area contributed by atoms with Gasteiger partial charge in [0, 0.05) is 23.4 Å². The van der Waals surface area contributed by atoms with Crippen LogP contribution in [-0.2, 0) is 0 Å². The molecule has 110 valence electrons. The third kappa shape index (κ3) is 2.84. The van der Waals surface area contributed by atoms with Crippen LogP contribution in [-0.4, -0.2) is 30.3 Å². The number of aromatic amines is 1. The molecule has 2 N–H and O–H groups in total. The predicted octanol–water partition coefficient (Wildman–Crippen LogP) is 2.56. The van der Waals surface area contributed by atoms with Crippen molar-refractivity contribution in [2.24, 2.45) is 0 Å². The maximum Gasteiger partial charge on any atom is 0.276 e. The van der Waals surface area contributed by atoms with Crippen molar-refractivity contribution >= 4 is 11.6 Å². The molecule has 0 bridgehead atoms. The Hall–Kier alpha value is -2.50. The van der Waals surface area contributed by atoms with E-state index < -0.39 is 0 Å². The lowest BCUT2D eigenvalue weighted by Gasteiger charge is -2.09. The van der Waals surface area contributed by atoms with Crippen LogP contribution >= 0.6 is 0 Å². The number of ether oxygens (including phenoxy) is 2. The fourth-order valence-corrected chi connectivity index (χ4v) is 2.17. The molecule has 1 aromatic carbocycles. The van der Waals surface area contributed by atoms with Crippen LogP contribution in [0, 0.1) is 0 Å². The van der Waals surface area contributed by atoms with Crippen LogP contribution in [0.5, 0.6) is 11.5 Å². The summed E-state index contributed by atoms with van der Waals surface area (Å²) in [6, 6.07) is 7.03. The molecule has 1 aromatic heterocycles. The lowest BCUT2D eigenvalue weighted by molar-refractivity contribution is 0.102. The second-order valence-corrected chi connectivity index (χ2v) is 5.01. The van der Waals surface area contributed by atoms with Crippen molar-refractivity contribution in [3.05, 3.63) is 35.7 Å². The topological polar surface area (TPSA) is 76.2 Å². The van der Waals surface area contributed by atoms with Crippen LogP contribution in [0.2, 0.25) is 0 Å². The molecule has 1 heterocycles. The number of hydrogen-bond donors (Lipinski definition) is 2. The maximum absolute atomic E-state index is 12.2. The summed E-state index contributed by atoms with van der Waals surface area (Å²) in [5.74, 6) is 1.48. The first-order valence-corrected chi connectivity index (χ1v) is 6.80. The molecular weight excluding hydrogens is 270 g/mol. The first-order chi connectivity index (χ1) is 10.2. The Labute approximate surface area is 122 Å². The van der Waals surface area contributed by atoms with E-state index in [0.717, 1.165) is 5.69 Å². The number of carbonyl (C=O) groups is 1. The van der Waals surface area contributed by atoms with Gasteiger partial charge in [0.15, 0.2) is 17.2 Å². The monoisotopic (exact) mass is 287 g/mol. The number of rotatable bonds is 5. The predicted molar refractivity (Wildman–Crippen MR) is 78.1 cm³/mol. The fourth-order valence-electron chi connectivity index (χ4n) is 2.17. The van der Waals surface area contributed by atoms with Gasteiger partial charge in [0.25, 0.3) is 5.91 Å². The van der Waals surface area contributed by atoms with E-state index in [1.807, 2.05) is 6.07 Å². The first kappa shape index (κ1) is 13.5. The van der Waals surface area contributed by atoms with Crippen molar-refractivity contribution in [3.63, 3.8) is 0 Å². The largest absolute Gasteiger partial charge is 0.493 e. The number of aromatic nitrogens is 2. The molecule has 1 aliphatic rings. The molecular formula is C15H17N3O3. The van der Waals surface area contributed by atoms with Crippen LogP contribution in [0.1, 0.15) is 34.9 Å². The van der Waals surface area contributed by atoms with Crippen LogP contribution < -0.4 is 14.8 Å². The quantitative estimate of drug-likeness (QED) is 0.886. The van der Waals surface area contributed by atoms with Gasteiger partial charge in [-0.05, 0) is 31.0 Å². The van der Waals surface area contributed by atoms with Crippen LogP contribution in [0.4, 0.5) is 5.69 Å². The minimum atomic E-state index is -0.245. The molecule has 0 spiro atoms. The molecule has 21 heavy (non-hydrogen) atoms. The normalized spacial score (nSPS) is 13.8. The van der Waals surface area contributed by atoms with Gasteiger partial charge in [-0.2, -0.15) is 5.10 Å². The third-order valence-electron chi connectivity index (χ3n) is 3.49. The number of nitrogens with one attached hydrogen (secondary N) is 2. The zero-order valence-electron chi connectivity index (χ0n) is 12.0. The smallest absolute Gasteiger partial charge is 0.276 e. The summed E-state index contributed by atoms with van der Waals surface area (Å²) in [5.41, 5.74) is 2.06. The van der Waals surface area contributed by atoms with Gasteiger partial charge in [0.1, 0.15) is 0 Å². The molecule has 1 saturated carbocycles. The van der Waals surface area contributed by atoms with Crippen LogP contribution in [0.25, 0.3) is 0 Å². The molecule has 6 heteroatoms. The highest BCUT2D eigenvalue weighted by atomic mass is 16.5. The second-order valence-electron chi connectivity index (χ2n) is 5.01. The number of methoxy groups -OCH3 is 2. The Morgan fingerprint density at radius 1 is 1.24 bits per heavy atom. The number of benzene rings is 1. The molecule has 0 saturated heterocycles. The van der Waals surface area contributed by atoms with Crippen LogP contribution in [0.3, 0.4) is 0 Å². The summed E-state index contributed by atoms with van der Waals surface area (Å²) >= 11 is 0. The van der Waals surface area contributed by atoms with Gasteiger partial charge in [-0.1, -0.05) is 0 Å². The minimum absolute atomic E-state index is 0.245. The number of anilines is 1. The summed E-state index contributed by atoms with van der Waals surface area (Å²) in [6.07, 6.45) is 2.33. The molecule has 0 unspecified atom stereocenters. The minimum Gasteiger partial charge on any atom is -0.493 e. The number of hydrogen-bond acceptors (Lipinski definition) is 4. The van der Waals surface area contributed by atoms with Crippen LogP contribution in [0.15, 0.2) is 24.3 Å². The summed E-state index contributed by atoms with van der Waals surface area (Å²) in [7, 11) is 3.12. The molecule has 1 amide bonds. The average molecular weight is 287 g/mol. The number of carbonyl (C=O) groups excluding carboxylic acids is 1. The summed E-state index contributed by atoms with van der Waals surface area (Å²) in [6.45, 7) is 0. The zero-order chi connectivity index (χ0) is 14.8. The number of nitrogens with zero attached hydrogens (tertiary/aromatic N) is 1. The van der Waals surface area contributed by atoms with E-state index in [1.54, 1.807) is 32.4 Å². The van der Waals surface area contributed by atoms with E-state index in [4.69, 9.17) is 9.47 Å². The highest BCUT2D eigenvalue weighted by Crippen LogP contribution is 2.39. The second kappa shape index (κ2) is 5.47. The molecule has 0 aliphatic heterocycles. The third-order valence-corrected chi connectivity index (χ3v) is 3.49. The number of amides is 1. The van der Waals surface area contributed by atoms with Gasteiger partial charge in [-0.3, -0.25) is 9.89 Å². The SMILES string of the molecule is COc1ccc(NC(=O)c2cc(C3CC3)[nH]n2)cc1OC. The van der Waals surface area contributed by atoms with Gasteiger partial charge >= 0.3 is 0 Å². The van der Waals surface area contributed by atoms with Gasteiger partial charge in [0.05, 0.1) is 14.2 Å². The molecule has 0 atom stereocenters. The van der Waals surface area contributed by atoms with E-state index in [2.05, 4.69) is 15.5 Å². The zero-order valence-corrected chi connectivity index (χ0v) is 12.0. The van der Waals surface area contributed by atoms with Gasteiger partial charge in [-0.25, -0.2) is 0 Å². The van der Waals surface area contributed by atoms with E-state index in [-0.39, 0.29) is 5.91 Å². The van der Waals surface area contributed by atoms with E-state index >= 15 is 0 Å². The lowest BCUT2D eigenvalue weighted by atomic mass is 10.2. The van der Waals surface area contributed by atoms with Crippen molar-refractivity contribution in [2.75, 3.05) is 19.5 Å². The average Bonchev–Trinajstić information content (AvgIpc) is 3.24. The molecule has 0 radical (unpaired) electrons. The van der Waals surface area contributed by atoms with Gasteiger partial charge < -0.3 is 14.8 Å². The van der Waals surface area contributed by atoms with E-state index in [0.29, 0.717) is 28.8 Å². The molecule has 3 rings (SSSR count). The first-order valence-electron chi connectivity index (χ1n) is 6.80. The Bertz CT molecular complexity index is 662. The van der Waals surface area contributed by atoms with E-state index in [1.165, 1.54) is 12.8 Å². The molecule has 1 aliphatic carbocycles. The molecule has 1 fully saturated rings. The van der Waals surface area contributed by atoms with Crippen molar-refractivity contribution in [1.82, 2.24) is 10.2 Å². The van der Waals surface area contributed by atoms with Crippen molar-refractivity contribution in [2.45, 2.75) is 18.8 Å². The highest BCUT2D eigenvalue weighted by molar-refractivity contribution is 6.03. The highest BCUT2D eigenvalue weighted by Gasteiger charge is 2.26. The summed E-state index contributed by atoms with van der Waals surface area (Å²) < 4.78 is 10.4. The van der Waals surface area contributed by atoms with Crippen molar-refractivity contribution < 1.29 is 14.3 Å². The lowest BCUT2D eigenvalue weighted by Crippen LogP contribution is -2.12. The Kier molecular flexibility index (Phi) is 3.51. The molecule has 6 nitrogen and oxygen atoms in total. The van der Waals surface area contributed by atoms with E-state index in [9.17, 15) is 4.79 Å². The summed E-state index contributed by atoms with van der Waals surface area (Å²) in [4.78, 5) is 12.2. The Balaban J connectivity index is 1.74.